The largest absolute Gasteiger partial charge is 0.368 e. The Hall–Kier alpha value is -1.02. The number of benzene rings is 1. The van der Waals surface area contributed by atoms with Gasteiger partial charge in [-0.15, -0.1) is 0 Å². The molecule has 1 aliphatic rings. The topological polar surface area (TPSA) is 29.3 Å². The highest BCUT2D eigenvalue weighted by molar-refractivity contribution is 5.63. The molecule has 1 heterocycles. The van der Waals surface area contributed by atoms with Crippen molar-refractivity contribution in [3.8, 4) is 0 Å². The summed E-state index contributed by atoms with van der Waals surface area (Å²) in [5, 5.41) is 0. The molecule has 1 aromatic rings. The second-order valence-electron chi connectivity index (χ2n) is 5.03. The molecule has 0 saturated carbocycles. The zero-order chi connectivity index (χ0) is 11.7. The summed E-state index contributed by atoms with van der Waals surface area (Å²) in [6, 6.07) is 7.20. The predicted molar refractivity (Wildman–Crippen MR) is 70.1 cm³/mol. The molecule has 1 aromatic carbocycles. The average molecular weight is 218 g/mol. The molecule has 2 heteroatoms. The van der Waals surface area contributed by atoms with Crippen molar-refractivity contribution in [1.82, 2.24) is 0 Å². The van der Waals surface area contributed by atoms with Crippen LogP contribution in [0.15, 0.2) is 18.2 Å². The van der Waals surface area contributed by atoms with Gasteiger partial charge in [-0.05, 0) is 50.9 Å². The summed E-state index contributed by atoms with van der Waals surface area (Å²) < 4.78 is 0. The SMILES string of the molecule is Cc1cccc2c1C(CCN)CN2C(C)C. The van der Waals surface area contributed by atoms with Gasteiger partial charge in [0.25, 0.3) is 0 Å². The second-order valence-corrected chi connectivity index (χ2v) is 5.03. The Bertz CT molecular complexity index is 371. The van der Waals surface area contributed by atoms with Gasteiger partial charge in [-0.2, -0.15) is 0 Å². The first-order valence-corrected chi connectivity index (χ1v) is 6.21. The Morgan fingerprint density at radius 2 is 2.19 bits per heavy atom. The fraction of sp³-hybridized carbons (Fsp3) is 0.571. The number of hydrogen-bond donors (Lipinski definition) is 1. The Balaban J connectivity index is 2.40. The van der Waals surface area contributed by atoms with Crippen LogP contribution in [0.4, 0.5) is 5.69 Å². The fourth-order valence-electron chi connectivity index (χ4n) is 2.80. The van der Waals surface area contributed by atoms with Gasteiger partial charge in [0.05, 0.1) is 0 Å². The lowest BCUT2D eigenvalue weighted by Crippen LogP contribution is -2.29. The summed E-state index contributed by atoms with van der Waals surface area (Å²) >= 11 is 0. The molecule has 88 valence electrons. The minimum absolute atomic E-state index is 0.573. The molecular formula is C14H22N2. The molecule has 2 rings (SSSR count). The van der Waals surface area contributed by atoms with Gasteiger partial charge in [-0.25, -0.2) is 0 Å². The number of hydrogen-bond acceptors (Lipinski definition) is 2. The van der Waals surface area contributed by atoms with Gasteiger partial charge in [-0.3, -0.25) is 0 Å². The monoisotopic (exact) mass is 218 g/mol. The van der Waals surface area contributed by atoms with E-state index in [1.165, 1.54) is 16.8 Å². The highest BCUT2D eigenvalue weighted by Gasteiger charge is 2.30. The molecule has 0 bridgehead atoms. The van der Waals surface area contributed by atoms with Crippen LogP contribution in [0.5, 0.6) is 0 Å². The van der Waals surface area contributed by atoms with Gasteiger partial charge < -0.3 is 10.6 Å². The molecule has 1 aliphatic heterocycles. The fourth-order valence-corrected chi connectivity index (χ4v) is 2.80. The summed E-state index contributed by atoms with van der Waals surface area (Å²) in [7, 11) is 0. The van der Waals surface area contributed by atoms with Crippen LogP contribution in [-0.4, -0.2) is 19.1 Å². The second kappa shape index (κ2) is 4.46. The molecule has 0 fully saturated rings. The first-order valence-electron chi connectivity index (χ1n) is 6.21. The summed E-state index contributed by atoms with van der Waals surface area (Å²) in [6.45, 7) is 8.65. The maximum Gasteiger partial charge on any atom is 0.0407 e. The first kappa shape index (κ1) is 11.5. The maximum atomic E-state index is 5.72. The summed E-state index contributed by atoms with van der Waals surface area (Å²) in [4.78, 5) is 2.50. The van der Waals surface area contributed by atoms with Crippen LogP contribution in [0.1, 0.15) is 37.3 Å². The van der Waals surface area contributed by atoms with Gasteiger partial charge in [0.2, 0.25) is 0 Å². The smallest absolute Gasteiger partial charge is 0.0407 e. The van der Waals surface area contributed by atoms with Crippen molar-refractivity contribution in [2.45, 2.75) is 39.2 Å². The van der Waals surface area contributed by atoms with Gasteiger partial charge in [0.15, 0.2) is 0 Å². The lowest BCUT2D eigenvalue weighted by Gasteiger charge is -2.24. The van der Waals surface area contributed by atoms with Gasteiger partial charge in [-0.1, -0.05) is 12.1 Å². The van der Waals surface area contributed by atoms with E-state index >= 15 is 0 Å². The van der Waals surface area contributed by atoms with E-state index in [0.717, 1.165) is 19.5 Å². The van der Waals surface area contributed by atoms with Crippen LogP contribution < -0.4 is 10.6 Å². The predicted octanol–water partition coefficient (Wildman–Crippen LogP) is 2.66. The zero-order valence-electron chi connectivity index (χ0n) is 10.5. The van der Waals surface area contributed by atoms with Crippen molar-refractivity contribution in [2.24, 2.45) is 5.73 Å². The lowest BCUT2D eigenvalue weighted by molar-refractivity contribution is 0.611. The van der Waals surface area contributed by atoms with E-state index in [0.29, 0.717) is 12.0 Å². The molecule has 16 heavy (non-hydrogen) atoms. The van der Waals surface area contributed by atoms with E-state index in [4.69, 9.17) is 5.73 Å². The summed E-state index contributed by atoms with van der Waals surface area (Å²) in [5.74, 6) is 0.628. The molecule has 0 radical (unpaired) electrons. The Labute approximate surface area is 98.4 Å². The molecule has 0 spiro atoms. The minimum Gasteiger partial charge on any atom is -0.368 e. The third-order valence-electron chi connectivity index (χ3n) is 3.57. The molecule has 0 aromatic heterocycles. The minimum atomic E-state index is 0.573. The van der Waals surface area contributed by atoms with E-state index in [1.807, 2.05) is 0 Å². The number of anilines is 1. The molecule has 2 nitrogen and oxygen atoms in total. The Morgan fingerprint density at radius 1 is 1.44 bits per heavy atom. The molecule has 0 aliphatic carbocycles. The first-order chi connectivity index (χ1) is 7.65. The molecule has 1 atom stereocenters. The van der Waals surface area contributed by atoms with Crippen molar-refractivity contribution < 1.29 is 0 Å². The Morgan fingerprint density at radius 3 is 2.81 bits per heavy atom. The van der Waals surface area contributed by atoms with E-state index < -0.39 is 0 Å². The number of aryl methyl sites for hydroxylation is 1. The van der Waals surface area contributed by atoms with Crippen LogP contribution in [0.2, 0.25) is 0 Å². The van der Waals surface area contributed by atoms with Crippen molar-refractivity contribution in [3.63, 3.8) is 0 Å². The van der Waals surface area contributed by atoms with Crippen molar-refractivity contribution >= 4 is 5.69 Å². The van der Waals surface area contributed by atoms with Crippen LogP contribution in [0, 0.1) is 6.92 Å². The van der Waals surface area contributed by atoms with Gasteiger partial charge in [0, 0.05) is 24.2 Å². The average Bonchev–Trinajstić information content (AvgIpc) is 2.59. The molecular weight excluding hydrogens is 196 g/mol. The van der Waals surface area contributed by atoms with E-state index in [9.17, 15) is 0 Å². The van der Waals surface area contributed by atoms with Crippen LogP contribution in [0.3, 0.4) is 0 Å². The highest BCUT2D eigenvalue weighted by atomic mass is 15.2. The number of fused-ring (bicyclic) bond motifs is 1. The normalized spacial score (nSPS) is 19.3. The van der Waals surface area contributed by atoms with Gasteiger partial charge in [0.1, 0.15) is 0 Å². The summed E-state index contributed by atoms with van der Waals surface area (Å²) in [6.07, 6.45) is 1.10. The molecule has 2 N–H and O–H groups in total. The summed E-state index contributed by atoms with van der Waals surface area (Å²) in [5.41, 5.74) is 10.1. The highest BCUT2D eigenvalue weighted by Crippen LogP contribution is 2.40. The van der Waals surface area contributed by atoms with E-state index in [1.54, 1.807) is 0 Å². The molecule has 0 saturated heterocycles. The number of rotatable bonds is 3. The third kappa shape index (κ3) is 1.82. The van der Waals surface area contributed by atoms with Crippen LogP contribution in [-0.2, 0) is 0 Å². The maximum absolute atomic E-state index is 5.72. The van der Waals surface area contributed by atoms with Crippen molar-refractivity contribution in [2.75, 3.05) is 18.0 Å². The van der Waals surface area contributed by atoms with E-state index in [2.05, 4.69) is 43.9 Å². The van der Waals surface area contributed by atoms with Crippen LogP contribution >= 0.6 is 0 Å². The van der Waals surface area contributed by atoms with E-state index in [-0.39, 0.29) is 0 Å². The quantitative estimate of drug-likeness (QED) is 0.845. The van der Waals surface area contributed by atoms with Crippen LogP contribution in [0.25, 0.3) is 0 Å². The third-order valence-corrected chi connectivity index (χ3v) is 3.57. The number of nitrogens with zero attached hydrogens (tertiary/aromatic N) is 1. The van der Waals surface area contributed by atoms with Gasteiger partial charge >= 0.3 is 0 Å². The number of nitrogens with two attached hydrogens (primary N) is 1. The van der Waals surface area contributed by atoms with Crippen molar-refractivity contribution in [3.05, 3.63) is 29.3 Å². The van der Waals surface area contributed by atoms with Crippen molar-refractivity contribution in [1.29, 1.82) is 0 Å². The molecule has 0 amide bonds. The lowest BCUT2D eigenvalue weighted by atomic mass is 9.94. The Kier molecular flexibility index (Phi) is 3.20. The molecule has 1 unspecified atom stereocenters. The zero-order valence-corrected chi connectivity index (χ0v) is 10.5. The standard InChI is InChI=1S/C14H22N2/c1-10(2)16-9-12(7-8-15)14-11(3)5-4-6-13(14)16/h4-6,10,12H,7-9,15H2,1-3H3.